The van der Waals surface area contributed by atoms with Gasteiger partial charge in [0.15, 0.2) is 0 Å². The maximum absolute atomic E-state index is 13.0. The zero-order chi connectivity index (χ0) is 24.6. The SMILES string of the molecule is Cc1c(Cl)cccc1NC(=O)[C@@H]1CC(=O)Nc2nc(Nc3cccc(C(F)(F)F)c3)[nH]c(=O)c21. The van der Waals surface area contributed by atoms with Crippen molar-refractivity contribution in [1.29, 1.82) is 0 Å². The average Bonchev–Trinajstić information content (AvgIpc) is 2.75. The van der Waals surface area contributed by atoms with Gasteiger partial charge < -0.3 is 16.0 Å². The lowest BCUT2D eigenvalue weighted by atomic mass is 9.92. The number of amides is 2. The number of halogens is 4. The first kappa shape index (κ1) is 23.3. The minimum absolute atomic E-state index is 0.0192. The van der Waals surface area contributed by atoms with Gasteiger partial charge in [-0.15, -0.1) is 0 Å². The number of fused-ring (bicyclic) bond motifs is 1. The van der Waals surface area contributed by atoms with E-state index in [2.05, 4.69) is 25.9 Å². The first-order chi connectivity index (χ1) is 16.0. The number of benzene rings is 2. The Balaban J connectivity index is 1.64. The Hall–Kier alpha value is -3.86. The van der Waals surface area contributed by atoms with E-state index in [1.165, 1.54) is 12.1 Å². The topological polar surface area (TPSA) is 116 Å². The smallest absolute Gasteiger partial charge is 0.326 e. The lowest BCUT2D eigenvalue weighted by Gasteiger charge is -2.24. The number of nitrogens with one attached hydrogen (secondary N) is 4. The van der Waals surface area contributed by atoms with Gasteiger partial charge in [0.25, 0.3) is 5.56 Å². The number of aromatic nitrogens is 2. The number of hydrogen-bond donors (Lipinski definition) is 4. The molecule has 0 bridgehead atoms. The Morgan fingerprint density at radius 2 is 1.91 bits per heavy atom. The van der Waals surface area contributed by atoms with Crippen molar-refractivity contribution in [1.82, 2.24) is 9.97 Å². The number of rotatable bonds is 4. The van der Waals surface area contributed by atoms with Crippen LogP contribution in [0, 0.1) is 6.92 Å². The fourth-order valence-corrected chi connectivity index (χ4v) is 3.70. The number of aromatic amines is 1. The molecule has 0 saturated heterocycles. The highest BCUT2D eigenvalue weighted by Gasteiger charge is 2.35. The minimum Gasteiger partial charge on any atom is -0.326 e. The molecule has 176 valence electrons. The number of hydrogen-bond acceptors (Lipinski definition) is 5. The van der Waals surface area contributed by atoms with Crippen LogP contribution in [0.25, 0.3) is 0 Å². The van der Waals surface area contributed by atoms with Gasteiger partial charge in [-0.25, -0.2) is 0 Å². The second kappa shape index (κ2) is 8.82. The summed E-state index contributed by atoms with van der Waals surface area (Å²) in [7, 11) is 0. The highest BCUT2D eigenvalue weighted by Crippen LogP contribution is 2.33. The molecule has 1 aliphatic heterocycles. The van der Waals surface area contributed by atoms with Crippen LogP contribution in [0.2, 0.25) is 5.02 Å². The summed E-state index contributed by atoms with van der Waals surface area (Å²) in [5, 5.41) is 8.14. The standard InChI is InChI=1S/C22H17ClF3N5O3/c1-10-14(23)6-3-7-15(10)28-19(33)13-9-16(32)29-18-17(13)20(34)31-21(30-18)27-12-5-2-4-11(8-12)22(24,25)26/h2-8,13H,9H2,1H3,(H,28,33)(H3,27,29,30,31,32,34)/t13-/m1/s1. The molecule has 0 fully saturated rings. The van der Waals surface area contributed by atoms with Crippen LogP contribution in [0.5, 0.6) is 0 Å². The molecule has 0 radical (unpaired) electrons. The highest BCUT2D eigenvalue weighted by molar-refractivity contribution is 6.31. The first-order valence-corrected chi connectivity index (χ1v) is 10.3. The Morgan fingerprint density at radius 1 is 1.18 bits per heavy atom. The number of anilines is 4. The molecule has 12 heteroatoms. The second-order valence-corrected chi connectivity index (χ2v) is 7.99. The van der Waals surface area contributed by atoms with Gasteiger partial charge in [0.2, 0.25) is 17.8 Å². The Labute approximate surface area is 195 Å². The van der Waals surface area contributed by atoms with Crippen LogP contribution >= 0.6 is 11.6 Å². The van der Waals surface area contributed by atoms with Crippen molar-refractivity contribution >= 4 is 46.6 Å². The van der Waals surface area contributed by atoms with E-state index >= 15 is 0 Å². The molecular weight excluding hydrogens is 475 g/mol. The summed E-state index contributed by atoms with van der Waals surface area (Å²) in [6.45, 7) is 1.71. The molecule has 34 heavy (non-hydrogen) atoms. The molecule has 4 N–H and O–H groups in total. The van der Waals surface area contributed by atoms with Crippen LogP contribution in [0.3, 0.4) is 0 Å². The van der Waals surface area contributed by atoms with E-state index in [1.54, 1.807) is 25.1 Å². The van der Waals surface area contributed by atoms with Crippen molar-refractivity contribution in [2.75, 3.05) is 16.0 Å². The maximum atomic E-state index is 13.0. The first-order valence-electron chi connectivity index (χ1n) is 9.97. The zero-order valence-corrected chi connectivity index (χ0v) is 18.3. The van der Waals surface area contributed by atoms with Crippen molar-refractivity contribution < 1.29 is 22.8 Å². The van der Waals surface area contributed by atoms with Gasteiger partial charge in [0.1, 0.15) is 5.82 Å². The van der Waals surface area contributed by atoms with Gasteiger partial charge in [-0.1, -0.05) is 23.7 Å². The zero-order valence-electron chi connectivity index (χ0n) is 17.5. The Morgan fingerprint density at radius 3 is 2.65 bits per heavy atom. The van der Waals surface area contributed by atoms with E-state index < -0.39 is 35.0 Å². The normalized spacial score (nSPS) is 15.3. The predicted octanol–water partition coefficient (Wildman–Crippen LogP) is 4.56. The number of nitrogens with zero attached hydrogens (tertiary/aromatic N) is 1. The summed E-state index contributed by atoms with van der Waals surface area (Å²) in [4.78, 5) is 44.5. The molecule has 1 atom stereocenters. The molecule has 8 nitrogen and oxygen atoms in total. The summed E-state index contributed by atoms with van der Waals surface area (Å²) in [5.41, 5.74) is -0.610. The highest BCUT2D eigenvalue weighted by atomic mass is 35.5. The fraction of sp³-hybridized carbons (Fsp3) is 0.182. The summed E-state index contributed by atoms with van der Waals surface area (Å²) >= 11 is 6.08. The van der Waals surface area contributed by atoms with Crippen molar-refractivity contribution in [2.45, 2.75) is 25.4 Å². The second-order valence-electron chi connectivity index (χ2n) is 7.59. The maximum Gasteiger partial charge on any atom is 0.416 e. The third kappa shape index (κ3) is 4.74. The third-order valence-electron chi connectivity index (χ3n) is 5.25. The molecule has 1 aliphatic rings. The molecule has 0 aliphatic carbocycles. The van der Waals surface area contributed by atoms with Crippen LogP contribution in [0.1, 0.15) is 29.0 Å². The number of carbonyl (C=O) groups is 2. The van der Waals surface area contributed by atoms with Gasteiger partial charge in [-0.3, -0.25) is 19.4 Å². The molecule has 2 aromatic carbocycles. The fourth-order valence-electron chi connectivity index (χ4n) is 3.53. The number of carbonyl (C=O) groups excluding carboxylic acids is 2. The summed E-state index contributed by atoms with van der Waals surface area (Å²) in [6.07, 6.45) is -4.84. The molecule has 4 rings (SSSR count). The molecule has 0 spiro atoms. The lowest BCUT2D eigenvalue weighted by Crippen LogP contribution is -2.36. The van der Waals surface area contributed by atoms with Crippen LogP contribution in [0.15, 0.2) is 47.3 Å². The summed E-state index contributed by atoms with van der Waals surface area (Å²) < 4.78 is 38.9. The number of alkyl halides is 3. The van der Waals surface area contributed by atoms with Gasteiger partial charge >= 0.3 is 6.18 Å². The van der Waals surface area contributed by atoms with Gasteiger partial charge in [-0.2, -0.15) is 18.2 Å². The molecule has 1 aromatic heterocycles. The van der Waals surface area contributed by atoms with E-state index in [-0.39, 0.29) is 29.4 Å². The molecule has 2 amide bonds. The molecule has 0 unspecified atom stereocenters. The van der Waals surface area contributed by atoms with E-state index in [9.17, 15) is 27.6 Å². The van der Waals surface area contributed by atoms with E-state index in [1.807, 2.05) is 0 Å². The molecule has 2 heterocycles. The van der Waals surface area contributed by atoms with Crippen LogP contribution in [0.4, 0.5) is 36.3 Å². The molecular formula is C22H17ClF3N5O3. The summed E-state index contributed by atoms with van der Waals surface area (Å²) in [6, 6.07) is 9.24. The molecule has 3 aromatic rings. The van der Waals surface area contributed by atoms with Crippen molar-refractivity contribution in [2.24, 2.45) is 0 Å². The van der Waals surface area contributed by atoms with Crippen molar-refractivity contribution in [3.8, 4) is 0 Å². The quantitative estimate of drug-likeness (QED) is 0.427. The van der Waals surface area contributed by atoms with Crippen molar-refractivity contribution in [3.63, 3.8) is 0 Å². The Kier molecular flexibility index (Phi) is 6.05. The Bertz CT molecular complexity index is 1360. The predicted molar refractivity (Wildman–Crippen MR) is 120 cm³/mol. The van der Waals surface area contributed by atoms with E-state index in [0.29, 0.717) is 16.3 Å². The van der Waals surface area contributed by atoms with Gasteiger partial charge in [0.05, 0.1) is 17.0 Å². The monoisotopic (exact) mass is 491 g/mol. The third-order valence-corrected chi connectivity index (χ3v) is 5.66. The molecule has 0 saturated carbocycles. The van der Waals surface area contributed by atoms with Crippen molar-refractivity contribution in [3.05, 3.63) is 74.5 Å². The minimum atomic E-state index is -4.55. The van der Waals surface area contributed by atoms with Crippen LogP contribution in [-0.4, -0.2) is 21.8 Å². The van der Waals surface area contributed by atoms with Crippen LogP contribution < -0.4 is 21.5 Å². The lowest BCUT2D eigenvalue weighted by molar-refractivity contribution is -0.137. The average molecular weight is 492 g/mol. The van der Waals surface area contributed by atoms with Crippen LogP contribution in [-0.2, 0) is 15.8 Å². The largest absolute Gasteiger partial charge is 0.416 e. The number of H-pyrrole nitrogens is 1. The van der Waals surface area contributed by atoms with E-state index in [0.717, 1.165) is 12.1 Å². The van der Waals surface area contributed by atoms with Gasteiger partial charge in [0, 0.05) is 22.8 Å². The summed E-state index contributed by atoms with van der Waals surface area (Å²) in [5.74, 6) is -2.64. The van der Waals surface area contributed by atoms with E-state index in [4.69, 9.17) is 11.6 Å². The van der Waals surface area contributed by atoms with Gasteiger partial charge in [-0.05, 0) is 42.8 Å².